The summed E-state index contributed by atoms with van der Waals surface area (Å²) in [7, 11) is -2.06. The highest BCUT2D eigenvalue weighted by Crippen LogP contribution is 2.24. The van der Waals surface area contributed by atoms with Crippen LogP contribution in [0.5, 0.6) is 5.75 Å². The molecule has 0 atom stereocenters. The van der Waals surface area contributed by atoms with Crippen LogP contribution in [0.4, 0.5) is 0 Å². The molecule has 0 spiro atoms. The maximum Gasteiger partial charge on any atom is 0.285 e. The summed E-state index contributed by atoms with van der Waals surface area (Å²) in [6.07, 6.45) is 1.55. The Balaban J connectivity index is 1.85. The van der Waals surface area contributed by atoms with Crippen molar-refractivity contribution in [1.29, 1.82) is 0 Å². The Hall–Kier alpha value is -2.67. The molecule has 1 heterocycles. The smallest absolute Gasteiger partial charge is 0.285 e. The van der Waals surface area contributed by atoms with Crippen LogP contribution in [0.3, 0.4) is 0 Å². The Bertz CT molecular complexity index is 873. The first-order valence-electron chi connectivity index (χ1n) is 6.48. The first-order chi connectivity index (χ1) is 10.6. The van der Waals surface area contributed by atoms with Gasteiger partial charge >= 0.3 is 0 Å². The summed E-state index contributed by atoms with van der Waals surface area (Å²) in [5.41, 5.74) is 3.96. The Morgan fingerprint density at radius 1 is 1.14 bits per heavy atom. The van der Waals surface area contributed by atoms with E-state index in [4.69, 9.17) is 4.74 Å². The number of para-hydroxylation sites is 1. The van der Waals surface area contributed by atoms with Crippen LogP contribution in [0, 0.1) is 0 Å². The van der Waals surface area contributed by atoms with E-state index in [1.54, 1.807) is 31.5 Å². The molecule has 1 aliphatic heterocycles. The molecule has 0 saturated heterocycles. The van der Waals surface area contributed by atoms with E-state index in [1.165, 1.54) is 6.07 Å². The van der Waals surface area contributed by atoms with Crippen LogP contribution in [0.15, 0.2) is 62.9 Å². The number of ether oxygens (including phenoxy) is 1. The maximum absolute atomic E-state index is 11.9. The van der Waals surface area contributed by atoms with Gasteiger partial charge in [0.25, 0.3) is 10.0 Å². The molecule has 0 aliphatic carbocycles. The molecule has 3 rings (SSSR count). The van der Waals surface area contributed by atoms with Crippen molar-refractivity contribution >= 4 is 22.1 Å². The molecule has 0 amide bonds. The summed E-state index contributed by atoms with van der Waals surface area (Å²) in [6, 6.07) is 14.0. The van der Waals surface area contributed by atoms with Crippen LogP contribution in [-0.4, -0.2) is 27.6 Å². The number of hydrogen-bond donors (Lipinski definition) is 1. The molecule has 1 aliphatic rings. The van der Waals surface area contributed by atoms with Gasteiger partial charge in [-0.25, -0.2) is 0 Å². The quantitative estimate of drug-likeness (QED) is 0.691. The zero-order valence-corrected chi connectivity index (χ0v) is 12.5. The van der Waals surface area contributed by atoms with Crippen LogP contribution >= 0.6 is 0 Å². The SMILES string of the molecule is COc1ccccc1C=NNC1=NS(=O)(=O)c2ccccc21. The fourth-order valence-electron chi connectivity index (χ4n) is 2.12. The second kappa shape index (κ2) is 5.61. The van der Waals surface area contributed by atoms with Crippen molar-refractivity contribution < 1.29 is 13.2 Å². The standard InChI is InChI=1S/C15H13N3O3S/c1-21-13-8-4-2-6-11(13)10-16-17-15-12-7-3-5-9-14(12)22(19,20)18-15/h2-10H,1H3,(H,17,18). The maximum atomic E-state index is 11.9. The van der Waals surface area contributed by atoms with Crippen molar-refractivity contribution in [3.8, 4) is 5.75 Å². The van der Waals surface area contributed by atoms with Crippen molar-refractivity contribution in [2.24, 2.45) is 9.50 Å². The van der Waals surface area contributed by atoms with Crippen LogP contribution in [0.25, 0.3) is 0 Å². The van der Waals surface area contributed by atoms with E-state index in [0.717, 1.165) is 5.56 Å². The third-order valence-corrected chi connectivity index (χ3v) is 4.48. The van der Waals surface area contributed by atoms with Gasteiger partial charge in [-0.1, -0.05) is 24.3 Å². The summed E-state index contributed by atoms with van der Waals surface area (Å²) in [6.45, 7) is 0. The fourth-order valence-corrected chi connectivity index (χ4v) is 3.29. The van der Waals surface area contributed by atoms with Crippen molar-refractivity contribution in [1.82, 2.24) is 5.43 Å². The Kier molecular flexibility index (Phi) is 3.64. The van der Waals surface area contributed by atoms with Gasteiger partial charge in [-0.05, 0) is 24.3 Å². The molecule has 2 aromatic rings. The van der Waals surface area contributed by atoms with Crippen LogP contribution in [-0.2, 0) is 10.0 Å². The number of rotatable bonds is 3. The molecule has 7 heteroatoms. The fraction of sp³-hybridized carbons (Fsp3) is 0.0667. The minimum absolute atomic E-state index is 0.185. The van der Waals surface area contributed by atoms with Gasteiger partial charge in [0.1, 0.15) is 10.6 Å². The predicted molar refractivity (Wildman–Crippen MR) is 83.9 cm³/mol. The van der Waals surface area contributed by atoms with Crippen molar-refractivity contribution in [3.63, 3.8) is 0 Å². The van der Waals surface area contributed by atoms with E-state index in [2.05, 4.69) is 14.9 Å². The average Bonchev–Trinajstić information content (AvgIpc) is 2.79. The van der Waals surface area contributed by atoms with E-state index in [1.807, 2.05) is 24.3 Å². The number of fused-ring (bicyclic) bond motifs is 1. The summed E-state index contributed by atoms with van der Waals surface area (Å²) in [5, 5.41) is 4.05. The molecular formula is C15H13N3O3S. The Labute approximate surface area is 128 Å². The number of hydrogen-bond acceptors (Lipinski definition) is 5. The first-order valence-corrected chi connectivity index (χ1v) is 7.92. The largest absolute Gasteiger partial charge is 0.496 e. The molecule has 112 valence electrons. The molecule has 0 bridgehead atoms. The monoisotopic (exact) mass is 315 g/mol. The molecule has 6 nitrogen and oxygen atoms in total. The summed E-state index contributed by atoms with van der Waals surface area (Å²) < 4.78 is 32.7. The molecule has 0 radical (unpaired) electrons. The molecule has 2 aromatic carbocycles. The number of benzene rings is 2. The Morgan fingerprint density at radius 2 is 1.86 bits per heavy atom. The third kappa shape index (κ3) is 2.58. The van der Waals surface area contributed by atoms with Gasteiger partial charge in [0.15, 0.2) is 5.84 Å². The number of amidine groups is 1. The number of hydrazone groups is 1. The van der Waals surface area contributed by atoms with E-state index in [0.29, 0.717) is 11.3 Å². The van der Waals surface area contributed by atoms with Gasteiger partial charge in [0.05, 0.1) is 13.3 Å². The highest BCUT2D eigenvalue weighted by Gasteiger charge is 2.28. The van der Waals surface area contributed by atoms with Crippen molar-refractivity contribution in [3.05, 3.63) is 59.7 Å². The normalized spacial score (nSPS) is 15.4. The predicted octanol–water partition coefficient (Wildman–Crippen LogP) is 1.77. The second-order valence-electron chi connectivity index (χ2n) is 4.52. The van der Waals surface area contributed by atoms with E-state index in [9.17, 15) is 8.42 Å². The van der Waals surface area contributed by atoms with Crippen LogP contribution in [0.1, 0.15) is 11.1 Å². The summed E-state index contributed by atoms with van der Waals surface area (Å²) >= 11 is 0. The third-order valence-electron chi connectivity index (χ3n) is 3.14. The molecule has 1 N–H and O–H groups in total. The zero-order chi connectivity index (χ0) is 15.6. The van der Waals surface area contributed by atoms with Gasteiger partial charge in [-0.2, -0.15) is 13.5 Å². The topological polar surface area (TPSA) is 80.1 Å². The lowest BCUT2D eigenvalue weighted by Gasteiger charge is -2.03. The van der Waals surface area contributed by atoms with Crippen LogP contribution < -0.4 is 10.2 Å². The molecular weight excluding hydrogens is 302 g/mol. The number of nitrogens with zero attached hydrogens (tertiary/aromatic N) is 2. The molecule has 0 saturated carbocycles. The van der Waals surface area contributed by atoms with Crippen LogP contribution in [0.2, 0.25) is 0 Å². The van der Waals surface area contributed by atoms with Gasteiger partial charge in [-0.15, -0.1) is 4.40 Å². The number of methoxy groups -OCH3 is 1. The van der Waals surface area contributed by atoms with E-state index < -0.39 is 10.0 Å². The van der Waals surface area contributed by atoms with Gasteiger partial charge in [0.2, 0.25) is 0 Å². The zero-order valence-electron chi connectivity index (χ0n) is 11.7. The van der Waals surface area contributed by atoms with Gasteiger partial charge < -0.3 is 4.74 Å². The average molecular weight is 315 g/mol. The molecule has 0 fully saturated rings. The summed E-state index contributed by atoms with van der Waals surface area (Å²) in [5.74, 6) is 0.885. The summed E-state index contributed by atoms with van der Waals surface area (Å²) in [4.78, 5) is 0.185. The highest BCUT2D eigenvalue weighted by molar-refractivity contribution is 7.90. The molecule has 0 unspecified atom stereocenters. The number of sulfonamides is 1. The van der Waals surface area contributed by atoms with Gasteiger partial charge in [0, 0.05) is 11.1 Å². The minimum Gasteiger partial charge on any atom is -0.496 e. The van der Waals surface area contributed by atoms with E-state index in [-0.39, 0.29) is 10.7 Å². The minimum atomic E-state index is -3.64. The van der Waals surface area contributed by atoms with E-state index >= 15 is 0 Å². The lowest BCUT2D eigenvalue weighted by Crippen LogP contribution is -2.17. The lowest BCUT2D eigenvalue weighted by molar-refractivity contribution is 0.414. The molecule has 22 heavy (non-hydrogen) atoms. The lowest BCUT2D eigenvalue weighted by atomic mass is 10.2. The second-order valence-corrected chi connectivity index (χ2v) is 6.10. The Morgan fingerprint density at radius 3 is 2.68 bits per heavy atom. The highest BCUT2D eigenvalue weighted by atomic mass is 32.2. The van der Waals surface area contributed by atoms with Crippen molar-refractivity contribution in [2.45, 2.75) is 4.90 Å². The van der Waals surface area contributed by atoms with Crippen molar-refractivity contribution in [2.75, 3.05) is 7.11 Å². The number of nitrogens with one attached hydrogen (secondary N) is 1. The first kappa shape index (κ1) is 14.3. The molecule has 0 aromatic heterocycles. The van der Waals surface area contributed by atoms with Gasteiger partial charge in [-0.3, -0.25) is 5.43 Å².